The number of hydrogen-bond donors (Lipinski definition) is 1. The summed E-state index contributed by atoms with van der Waals surface area (Å²) in [6.45, 7) is 7.02. The zero-order chi connectivity index (χ0) is 28.2. The summed E-state index contributed by atoms with van der Waals surface area (Å²) in [4.78, 5) is 17.3. The van der Waals surface area contributed by atoms with Gasteiger partial charge in [0.15, 0.2) is 5.58 Å². The number of anilines is 1. The van der Waals surface area contributed by atoms with Crippen molar-refractivity contribution in [3.05, 3.63) is 42.0 Å². The summed E-state index contributed by atoms with van der Waals surface area (Å²) in [5.74, 6) is -0.381. The first-order valence-corrected chi connectivity index (χ1v) is 16.9. The van der Waals surface area contributed by atoms with Gasteiger partial charge in [-0.15, -0.1) is 0 Å². The minimum atomic E-state index is -3.66. The van der Waals surface area contributed by atoms with E-state index in [0.717, 1.165) is 37.4 Å². The zero-order valence-corrected chi connectivity index (χ0v) is 24.8. The molecule has 2 heterocycles. The van der Waals surface area contributed by atoms with Crippen molar-refractivity contribution >= 4 is 54.5 Å². The summed E-state index contributed by atoms with van der Waals surface area (Å²) in [6, 6.07) is 9.40. The van der Waals surface area contributed by atoms with Gasteiger partial charge in [-0.05, 0) is 49.6 Å². The molecule has 13 heteroatoms. The van der Waals surface area contributed by atoms with Crippen LogP contribution in [0.5, 0.6) is 0 Å². The Balaban J connectivity index is 1.43. The van der Waals surface area contributed by atoms with Crippen LogP contribution < -0.4 is 5.32 Å². The maximum absolute atomic E-state index is 13.3. The lowest BCUT2D eigenvalue weighted by molar-refractivity contribution is -0.113. The van der Waals surface area contributed by atoms with Crippen LogP contribution in [0.4, 0.5) is 5.69 Å². The molecule has 0 saturated carbocycles. The number of nitrogens with one attached hydrogen (secondary N) is 1. The normalized spacial score (nSPS) is 15.5. The Kier molecular flexibility index (Phi) is 9.37. The van der Waals surface area contributed by atoms with Gasteiger partial charge in [0.25, 0.3) is 5.22 Å². The van der Waals surface area contributed by atoms with Crippen LogP contribution in [-0.4, -0.2) is 68.3 Å². The Morgan fingerprint density at radius 2 is 1.72 bits per heavy atom. The number of hydrogen-bond acceptors (Lipinski definition) is 8. The highest BCUT2D eigenvalue weighted by Crippen LogP contribution is 2.28. The maximum atomic E-state index is 13.3. The standard InChI is InChI=1S/C26H34N4O6S3/c1-4-29(5-2)38(32,33)21-12-13-22-23(17-21)36-26(28-22)37-18-25(31)27-20-11-10-19(3)24(16-20)39(34,35)30-14-8-6-7-9-15-30/h10-13,16-17H,4-9,14-15,18H2,1-3H3,(H,27,31). The molecular weight excluding hydrogens is 561 g/mol. The molecule has 0 bridgehead atoms. The second-order valence-electron chi connectivity index (χ2n) is 9.33. The van der Waals surface area contributed by atoms with E-state index in [4.69, 9.17) is 4.42 Å². The molecule has 1 N–H and O–H groups in total. The molecule has 0 atom stereocenters. The SMILES string of the molecule is CCN(CC)S(=O)(=O)c1ccc2nc(SCC(=O)Nc3ccc(C)c(S(=O)(=O)N4CCCCCC4)c3)oc2c1. The molecule has 0 aliphatic carbocycles. The quantitative estimate of drug-likeness (QED) is 0.341. The average molecular weight is 595 g/mol. The van der Waals surface area contributed by atoms with Crippen molar-refractivity contribution in [2.75, 3.05) is 37.2 Å². The first-order valence-electron chi connectivity index (χ1n) is 13.0. The number of benzene rings is 2. The van der Waals surface area contributed by atoms with E-state index in [9.17, 15) is 21.6 Å². The fourth-order valence-electron chi connectivity index (χ4n) is 4.52. The Morgan fingerprint density at radius 1 is 1.03 bits per heavy atom. The van der Waals surface area contributed by atoms with E-state index in [1.807, 2.05) is 0 Å². The van der Waals surface area contributed by atoms with Crippen LogP contribution in [0, 0.1) is 6.92 Å². The fourth-order valence-corrected chi connectivity index (χ4v) is 8.40. The molecule has 1 aromatic heterocycles. The molecule has 1 aliphatic rings. The van der Waals surface area contributed by atoms with Gasteiger partial charge in [-0.3, -0.25) is 4.79 Å². The van der Waals surface area contributed by atoms with Gasteiger partial charge >= 0.3 is 0 Å². The third kappa shape index (κ3) is 6.65. The van der Waals surface area contributed by atoms with Crippen molar-refractivity contribution in [2.45, 2.75) is 61.5 Å². The smallest absolute Gasteiger partial charge is 0.257 e. The second-order valence-corrected chi connectivity index (χ2v) is 14.1. The molecule has 212 valence electrons. The van der Waals surface area contributed by atoms with Crippen LogP contribution in [0.15, 0.2) is 55.8 Å². The van der Waals surface area contributed by atoms with E-state index in [0.29, 0.717) is 48.5 Å². The molecule has 1 aliphatic heterocycles. The van der Waals surface area contributed by atoms with Gasteiger partial charge in [0.1, 0.15) is 5.52 Å². The predicted molar refractivity (Wildman–Crippen MR) is 152 cm³/mol. The van der Waals surface area contributed by atoms with Crippen LogP contribution >= 0.6 is 11.8 Å². The van der Waals surface area contributed by atoms with Crippen molar-refractivity contribution in [3.8, 4) is 0 Å². The lowest BCUT2D eigenvalue weighted by Gasteiger charge is -2.21. The maximum Gasteiger partial charge on any atom is 0.257 e. The van der Waals surface area contributed by atoms with Gasteiger partial charge in [-0.25, -0.2) is 21.8 Å². The number of fused-ring (bicyclic) bond motifs is 1. The highest BCUT2D eigenvalue weighted by molar-refractivity contribution is 7.99. The third-order valence-corrected chi connectivity index (χ3v) is 11.6. The number of carbonyl (C=O) groups excluding carboxylic acids is 1. The van der Waals surface area contributed by atoms with Gasteiger partial charge in [0, 0.05) is 37.9 Å². The lowest BCUT2D eigenvalue weighted by atomic mass is 10.2. The molecule has 10 nitrogen and oxygen atoms in total. The molecule has 1 saturated heterocycles. The van der Waals surface area contributed by atoms with Crippen molar-refractivity contribution in [1.82, 2.24) is 13.6 Å². The summed E-state index contributed by atoms with van der Waals surface area (Å²) < 4.78 is 60.8. The van der Waals surface area contributed by atoms with Crippen LogP contribution in [-0.2, 0) is 24.8 Å². The number of carbonyl (C=O) groups is 1. The summed E-state index contributed by atoms with van der Waals surface area (Å²) >= 11 is 1.06. The van der Waals surface area contributed by atoms with Gasteiger partial charge in [-0.2, -0.15) is 8.61 Å². The van der Waals surface area contributed by atoms with Crippen LogP contribution in [0.3, 0.4) is 0 Å². The highest BCUT2D eigenvalue weighted by Gasteiger charge is 2.27. The molecular formula is C26H34N4O6S3. The van der Waals surface area contributed by atoms with Crippen molar-refractivity contribution in [2.24, 2.45) is 0 Å². The molecule has 1 amide bonds. The lowest BCUT2D eigenvalue weighted by Crippen LogP contribution is -2.32. The second kappa shape index (κ2) is 12.4. The minimum absolute atomic E-state index is 0.0283. The molecule has 2 aromatic carbocycles. The van der Waals surface area contributed by atoms with Crippen molar-refractivity contribution < 1.29 is 26.0 Å². The Bertz CT molecular complexity index is 1540. The number of amides is 1. The molecule has 0 unspecified atom stereocenters. The third-order valence-electron chi connectivity index (χ3n) is 6.66. The number of aromatic nitrogens is 1. The van der Waals surface area contributed by atoms with Gasteiger partial charge in [-0.1, -0.05) is 44.5 Å². The van der Waals surface area contributed by atoms with Crippen molar-refractivity contribution in [3.63, 3.8) is 0 Å². The van der Waals surface area contributed by atoms with Crippen molar-refractivity contribution in [1.29, 1.82) is 0 Å². The molecule has 0 spiro atoms. The zero-order valence-electron chi connectivity index (χ0n) is 22.3. The van der Waals surface area contributed by atoms with Crippen LogP contribution in [0.1, 0.15) is 45.1 Å². The number of oxazole rings is 1. The van der Waals surface area contributed by atoms with E-state index in [-0.39, 0.29) is 26.7 Å². The predicted octanol–water partition coefficient (Wildman–Crippen LogP) is 4.46. The first kappa shape index (κ1) is 29.5. The summed E-state index contributed by atoms with van der Waals surface area (Å²) in [5, 5.41) is 2.99. The van der Waals surface area contributed by atoms with Gasteiger partial charge < -0.3 is 9.73 Å². The van der Waals surface area contributed by atoms with Gasteiger partial charge in [0.2, 0.25) is 26.0 Å². The highest BCUT2D eigenvalue weighted by atomic mass is 32.2. The number of aryl methyl sites for hydroxylation is 1. The Morgan fingerprint density at radius 3 is 2.38 bits per heavy atom. The van der Waals surface area contributed by atoms with E-state index in [1.165, 1.54) is 26.8 Å². The monoisotopic (exact) mass is 594 g/mol. The Labute approximate surface area is 234 Å². The van der Waals surface area contributed by atoms with E-state index >= 15 is 0 Å². The largest absolute Gasteiger partial charge is 0.431 e. The van der Waals surface area contributed by atoms with E-state index in [2.05, 4.69) is 10.3 Å². The van der Waals surface area contributed by atoms with Gasteiger partial charge in [0.05, 0.1) is 15.5 Å². The Hall–Kier alpha value is -2.45. The topological polar surface area (TPSA) is 130 Å². The molecule has 39 heavy (non-hydrogen) atoms. The number of thioether (sulfide) groups is 1. The first-order chi connectivity index (χ1) is 18.6. The molecule has 0 radical (unpaired) electrons. The average Bonchev–Trinajstić information content (AvgIpc) is 3.10. The summed E-state index contributed by atoms with van der Waals surface area (Å²) in [6.07, 6.45) is 3.73. The van der Waals surface area contributed by atoms with Crippen LogP contribution in [0.2, 0.25) is 0 Å². The summed E-state index contributed by atoms with van der Waals surface area (Å²) in [7, 11) is -7.30. The minimum Gasteiger partial charge on any atom is -0.431 e. The number of nitrogens with zero attached hydrogens (tertiary/aromatic N) is 3. The van der Waals surface area contributed by atoms with Crippen LogP contribution in [0.25, 0.3) is 11.1 Å². The summed E-state index contributed by atoms with van der Waals surface area (Å²) in [5.41, 5.74) is 1.82. The fraction of sp³-hybridized carbons (Fsp3) is 0.462. The molecule has 3 aromatic rings. The molecule has 4 rings (SSSR count). The van der Waals surface area contributed by atoms with E-state index < -0.39 is 20.0 Å². The number of sulfonamides is 2. The number of rotatable bonds is 10. The molecule has 1 fully saturated rings. The van der Waals surface area contributed by atoms with E-state index in [1.54, 1.807) is 39.0 Å².